The lowest BCUT2D eigenvalue weighted by Crippen LogP contribution is -2.39. The molecule has 0 spiro atoms. The second kappa shape index (κ2) is 17.3. The van der Waals surface area contributed by atoms with E-state index >= 15 is 0 Å². The lowest BCUT2D eigenvalue weighted by molar-refractivity contribution is 0.128. The molecule has 22 heavy (non-hydrogen) atoms. The van der Waals surface area contributed by atoms with E-state index in [0.717, 1.165) is 64.9 Å². The van der Waals surface area contributed by atoms with E-state index in [-0.39, 0.29) is 24.0 Å². The van der Waals surface area contributed by atoms with Gasteiger partial charge in [0.25, 0.3) is 0 Å². The van der Waals surface area contributed by atoms with Crippen LogP contribution in [0.1, 0.15) is 41.0 Å². The van der Waals surface area contributed by atoms with E-state index in [2.05, 4.69) is 55.1 Å². The summed E-state index contributed by atoms with van der Waals surface area (Å²) in [6.07, 6.45) is 1.12. The molecule has 0 unspecified atom stereocenters. The molecule has 0 atom stereocenters. The molecular formula is C16H37IN4O. The van der Waals surface area contributed by atoms with Crippen molar-refractivity contribution in [2.45, 2.75) is 41.0 Å². The third-order valence-electron chi connectivity index (χ3n) is 3.30. The van der Waals surface area contributed by atoms with Gasteiger partial charge in [0.05, 0.1) is 13.2 Å². The number of halogens is 1. The molecule has 0 aromatic rings. The topological polar surface area (TPSA) is 48.9 Å². The van der Waals surface area contributed by atoms with Gasteiger partial charge in [-0.25, -0.2) is 0 Å². The molecule has 0 amide bonds. The highest BCUT2D eigenvalue weighted by Gasteiger charge is 2.00. The van der Waals surface area contributed by atoms with Crippen LogP contribution in [0.3, 0.4) is 0 Å². The first-order valence-corrected chi connectivity index (χ1v) is 8.46. The average molecular weight is 428 g/mol. The molecule has 0 aliphatic rings. The molecule has 6 heteroatoms. The minimum Gasteiger partial charge on any atom is -0.380 e. The maximum atomic E-state index is 5.60. The molecule has 0 aromatic heterocycles. The first-order chi connectivity index (χ1) is 10.1. The van der Waals surface area contributed by atoms with E-state index in [0.29, 0.717) is 5.92 Å². The molecule has 0 fully saturated rings. The van der Waals surface area contributed by atoms with Crippen LogP contribution in [0.15, 0.2) is 4.99 Å². The van der Waals surface area contributed by atoms with Gasteiger partial charge in [-0.05, 0) is 32.4 Å². The van der Waals surface area contributed by atoms with Gasteiger partial charge in [-0.15, -0.1) is 24.0 Å². The van der Waals surface area contributed by atoms with Crippen molar-refractivity contribution in [1.82, 2.24) is 15.5 Å². The largest absolute Gasteiger partial charge is 0.380 e. The number of nitrogens with zero attached hydrogens (tertiary/aromatic N) is 2. The molecule has 2 N–H and O–H groups in total. The summed E-state index contributed by atoms with van der Waals surface area (Å²) < 4.78 is 5.60. The van der Waals surface area contributed by atoms with Crippen molar-refractivity contribution in [3.05, 3.63) is 0 Å². The normalized spacial score (nSPS) is 11.7. The molecule has 0 saturated heterocycles. The number of nitrogens with one attached hydrogen (secondary N) is 2. The fourth-order valence-electron chi connectivity index (χ4n) is 1.85. The lowest BCUT2D eigenvalue weighted by Gasteiger charge is -2.17. The summed E-state index contributed by atoms with van der Waals surface area (Å²) in [5.74, 6) is 1.59. The molecule has 0 aliphatic carbocycles. The first-order valence-electron chi connectivity index (χ1n) is 8.46. The zero-order valence-electron chi connectivity index (χ0n) is 15.2. The van der Waals surface area contributed by atoms with E-state index in [4.69, 9.17) is 4.74 Å². The van der Waals surface area contributed by atoms with Crippen molar-refractivity contribution in [1.29, 1.82) is 0 Å². The van der Waals surface area contributed by atoms with Crippen LogP contribution in [0.2, 0.25) is 0 Å². The molecule has 0 aromatic carbocycles. The van der Waals surface area contributed by atoms with Gasteiger partial charge in [0.2, 0.25) is 0 Å². The summed E-state index contributed by atoms with van der Waals surface area (Å²) in [5, 5.41) is 6.58. The summed E-state index contributed by atoms with van der Waals surface area (Å²) in [6, 6.07) is 0. The number of likely N-dealkylation sites (N-methyl/N-ethyl adjacent to an activating group) is 1. The van der Waals surface area contributed by atoms with Gasteiger partial charge in [-0.1, -0.05) is 27.7 Å². The summed E-state index contributed by atoms with van der Waals surface area (Å²) in [7, 11) is 0. The van der Waals surface area contributed by atoms with Gasteiger partial charge in [0.15, 0.2) is 5.96 Å². The minimum atomic E-state index is 0. The Labute approximate surface area is 154 Å². The molecule has 0 saturated carbocycles. The smallest absolute Gasteiger partial charge is 0.191 e. The third kappa shape index (κ3) is 14.8. The van der Waals surface area contributed by atoms with E-state index < -0.39 is 0 Å². The molecule has 0 aliphatic heterocycles. The Bertz CT molecular complexity index is 259. The monoisotopic (exact) mass is 428 g/mol. The molecule has 0 rings (SSSR count). The van der Waals surface area contributed by atoms with Crippen LogP contribution in [-0.2, 0) is 4.74 Å². The summed E-state index contributed by atoms with van der Waals surface area (Å²) in [4.78, 5) is 6.97. The molecular weight excluding hydrogens is 391 g/mol. The Morgan fingerprint density at radius 1 is 1.09 bits per heavy atom. The molecule has 0 bridgehead atoms. The Balaban J connectivity index is 0. The quantitative estimate of drug-likeness (QED) is 0.217. The van der Waals surface area contributed by atoms with Gasteiger partial charge >= 0.3 is 0 Å². The van der Waals surface area contributed by atoms with E-state index in [1.807, 2.05) is 0 Å². The summed E-state index contributed by atoms with van der Waals surface area (Å²) in [6.45, 7) is 18.1. The Morgan fingerprint density at radius 3 is 2.32 bits per heavy atom. The van der Waals surface area contributed by atoms with Crippen molar-refractivity contribution in [2.75, 3.05) is 52.5 Å². The fourth-order valence-corrected chi connectivity index (χ4v) is 1.85. The van der Waals surface area contributed by atoms with Crippen LogP contribution >= 0.6 is 24.0 Å². The van der Waals surface area contributed by atoms with Crippen LogP contribution < -0.4 is 10.6 Å². The Hall–Kier alpha value is -0.0800. The van der Waals surface area contributed by atoms with Crippen molar-refractivity contribution in [3.63, 3.8) is 0 Å². The minimum absolute atomic E-state index is 0. The highest BCUT2D eigenvalue weighted by Crippen LogP contribution is 1.98. The van der Waals surface area contributed by atoms with Crippen molar-refractivity contribution < 1.29 is 4.74 Å². The Morgan fingerprint density at radius 2 is 1.77 bits per heavy atom. The standard InChI is InChI=1S/C16H36N4O.HI/c1-6-17-16(18-10-12-20(7-2)8-3)19-11-14-21-13-9-15(4)5;/h15H,6-14H2,1-5H3,(H2,17,18,19);1H. The summed E-state index contributed by atoms with van der Waals surface area (Å²) in [5.41, 5.74) is 0. The van der Waals surface area contributed by atoms with E-state index in [9.17, 15) is 0 Å². The zero-order chi connectivity index (χ0) is 15.9. The van der Waals surface area contributed by atoms with Crippen LogP contribution in [0.25, 0.3) is 0 Å². The maximum Gasteiger partial charge on any atom is 0.191 e. The van der Waals surface area contributed by atoms with Gasteiger partial charge in [0, 0.05) is 26.2 Å². The van der Waals surface area contributed by atoms with Crippen LogP contribution in [-0.4, -0.2) is 63.3 Å². The number of hydrogen-bond donors (Lipinski definition) is 2. The van der Waals surface area contributed by atoms with Gasteiger partial charge in [-0.3, -0.25) is 4.99 Å². The number of rotatable bonds is 12. The van der Waals surface area contributed by atoms with Crippen LogP contribution in [0.5, 0.6) is 0 Å². The Kier molecular flexibility index (Phi) is 19.0. The highest BCUT2D eigenvalue weighted by molar-refractivity contribution is 14.0. The van der Waals surface area contributed by atoms with Gasteiger partial charge < -0.3 is 20.3 Å². The SMILES string of the molecule is CCNC(=NCCN(CC)CC)NCCOCCC(C)C.I. The second-order valence-electron chi connectivity index (χ2n) is 5.51. The van der Waals surface area contributed by atoms with Crippen molar-refractivity contribution in [2.24, 2.45) is 10.9 Å². The lowest BCUT2D eigenvalue weighted by atomic mass is 10.1. The van der Waals surface area contributed by atoms with Crippen LogP contribution in [0, 0.1) is 5.92 Å². The molecule has 0 radical (unpaired) electrons. The number of ether oxygens (including phenoxy) is 1. The maximum absolute atomic E-state index is 5.60. The fraction of sp³-hybridized carbons (Fsp3) is 0.938. The van der Waals surface area contributed by atoms with Gasteiger partial charge in [-0.2, -0.15) is 0 Å². The van der Waals surface area contributed by atoms with Crippen LogP contribution in [0.4, 0.5) is 0 Å². The number of hydrogen-bond acceptors (Lipinski definition) is 3. The number of aliphatic imine (C=N–C) groups is 1. The predicted molar refractivity (Wildman–Crippen MR) is 107 cm³/mol. The molecule has 5 nitrogen and oxygen atoms in total. The predicted octanol–water partition coefficient (Wildman–Crippen LogP) is 2.56. The molecule has 0 heterocycles. The van der Waals surface area contributed by atoms with E-state index in [1.165, 1.54) is 0 Å². The molecule has 134 valence electrons. The zero-order valence-corrected chi connectivity index (χ0v) is 17.5. The highest BCUT2D eigenvalue weighted by atomic mass is 127. The second-order valence-corrected chi connectivity index (χ2v) is 5.51. The van der Waals surface area contributed by atoms with Crippen molar-refractivity contribution in [3.8, 4) is 0 Å². The number of guanidine groups is 1. The third-order valence-corrected chi connectivity index (χ3v) is 3.30. The first kappa shape index (κ1) is 24.2. The van der Waals surface area contributed by atoms with Gasteiger partial charge in [0.1, 0.15) is 0 Å². The van der Waals surface area contributed by atoms with Crippen molar-refractivity contribution >= 4 is 29.9 Å². The average Bonchev–Trinajstić information content (AvgIpc) is 2.46. The van der Waals surface area contributed by atoms with E-state index in [1.54, 1.807) is 0 Å². The summed E-state index contributed by atoms with van der Waals surface area (Å²) >= 11 is 0.